The Balaban J connectivity index is 3.93. The van der Waals surface area contributed by atoms with Crippen molar-refractivity contribution in [1.29, 1.82) is 0 Å². The summed E-state index contributed by atoms with van der Waals surface area (Å²) in [5.74, 6) is -0.137. The van der Waals surface area contributed by atoms with Gasteiger partial charge in [-0.15, -0.1) is 0 Å². The lowest BCUT2D eigenvalue weighted by Gasteiger charge is -2.26. The van der Waals surface area contributed by atoms with Crippen LogP contribution in [-0.4, -0.2) is 73.4 Å². The van der Waals surface area contributed by atoms with Crippen molar-refractivity contribution < 1.29 is 32.9 Å². The van der Waals surface area contributed by atoms with Crippen LogP contribution in [0.15, 0.2) is 60.8 Å². The average Bonchev–Trinajstić information content (AvgIpc) is 3.49. The Morgan fingerprint density at radius 2 is 0.706 bits per heavy atom. The first-order valence-electron chi connectivity index (χ1n) is 37.2. The number of rotatable bonds is 69. The van der Waals surface area contributed by atoms with Crippen molar-refractivity contribution in [3.8, 4) is 0 Å². The Morgan fingerprint density at radius 1 is 0.412 bits per heavy atom. The highest BCUT2D eigenvalue weighted by molar-refractivity contribution is 7.47. The van der Waals surface area contributed by atoms with Crippen LogP contribution >= 0.6 is 7.82 Å². The number of hydrogen-bond acceptors (Lipinski definition) is 5. The molecule has 3 N–H and O–H groups in total. The van der Waals surface area contributed by atoms with E-state index < -0.39 is 20.0 Å². The molecule has 0 aromatic heterocycles. The molecule has 0 aliphatic heterocycles. The lowest BCUT2D eigenvalue weighted by molar-refractivity contribution is -0.870. The third-order valence-corrected chi connectivity index (χ3v) is 18.0. The molecule has 0 aromatic rings. The van der Waals surface area contributed by atoms with E-state index in [-0.39, 0.29) is 19.1 Å². The molecule has 3 unspecified atom stereocenters. The van der Waals surface area contributed by atoms with E-state index >= 15 is 0 Å². The Morgan fingerprint density at radius 3 is 1.04 bits per heavy atom. The van der Waals surface area contributed by atoms with Gasteiger partial charge in [-0.05, 0) is 57.8 Å². The van der Waals surface area contributed by atoms with E-state index in [9.17, 15) is 19.4 Å². The van der Waals surface area contributed by atoms with Crippen LogP contribution in [0.2, 0.25) is 0 Å². The van der Waals surface area contributed by atoms with Gasteiger partial charge in [-0.3, -0.25) is 13.8 Å². The zero-order valence-electron chi connectivity index (χ0n) is 57.4. The molecule has 0 rings (SSSR count). The number of phosphoric ester groups is 1. The molecule has 8 nitrogen and oxygen atoms in total. The molecule has 0 saturated heterocycles. The number of aliphatic hydroxyl groups excluding tert-OH is 1. The predicted octanol–water partition coefficient (Wildman–Crippen LogP) is 23.9. The van der Waals surface area contributed by atoms with Crippen LogP contribution in [0.3, 0.4) is 0 Å². The molecule has 0 radical (unpaired) electrons. The van der Waals surface area contributed by atoms with Crippen molar-refractivity contribution >= 4 is 13.7 Å². The van der Waals surface area contributed by atoms with Crippen molar-refractivity contribution in [2.75, 3.05) is 40.9 Å². The summed E-state index contributed by atoms with van der Waals surface area (Å²) >= 11 is 0. The number of nitrogens with one attached hydrogen (secondary N) is 1. The third kappa shape index (κ3) is 69.5. The lowest BCUT2D eigenvalue weighted by Crippen LogP contribution is -2.46. The summed E-state index contributed by atoms with van der Waals surface area (Å²) in [7, 11) is 1.63. The standard InChI is InChI=1S/C76H145N2O6P/c1-6-8-10-12-14-16-18-20-22-24-26-28-30-32-33-34-35-36-37-38-39-40-41-42-43-44-45-46-48-50-52-54-56-58-60-62-64-66-68-70-76(80)77-74(73-84-85(81,82)83-72-71-78(3,4)5)75(79)69-67-65-63-61-59-57-55-53-51-49-47-31-29-27-25-23-21-19-17-15-13-11-9-7-2/h8,10,14,16,20,22,26,28,32-33,74-75,79H,6-7,9,11-13,15,17-19,21,23-25,27,29-31,34-73H2,1-5H3,(H-,77,80,81,82)/p+1/b10-8-,16-14-,22-20-,28-26-,33-32-. The van der Waals surface area contributed by atoms with Gasteiger partial charge in [0.2, 0.25) is 5.91 Å². The van der Waals surface area contributed by atoms with E-state index in [0.29, 0.717) is 23.9 Å². The molecule has 0 bridgehead atoms. The number of nitrogens with zero attached hydrogens (tertiary/aromatic N) is 1. The number of amides is 1. The molecule has 85 heavy (non-hydrogen) atoms. The van der Waals surface area contributed by atoms with Gasteiger partial charge >= 0.3 is 7.82 Å². The quantitative estimate of drug-likeness (QED) is 0.0243. The number of unbranched alkanes of at least 4 members (excludes halogenated alkanes) is 46. The van der Waals surface area contributed by atoms with Crippen LogP contribution in [0.25, 0.3) is 0 Å². The fourth-order valence-electron chi connectivity index (χ4n) is 11.3. The smallest absolute Gasteiger partial charge is 0.391 e. The number of aliphatic hydroxyl groups is 1. The Hall–Kier alpha value is -1.80. The molecule has 1 amide bonds. The van der Waals surface area contributed by atoms with Crippen molar-refractivity contribution in [2.45, 2.75) is 379 Å². The summed E-state index contributed by atoms with van der Waals surface area (Å²) in [4.78, 5) is 23.5. The normalized spacial score (nSPS) is 13.9. The Labute approximate surface area is 530 Å². The second kappa shape index (κ2) is 66.6. The number of carbonyl (C=O) groups excluding carboxylic acids is 1. The van der Waals surface area contributed by atoms with E-state index in [2.05, 4.69) is 79.9 Å². The van der Waals surface area contributed by atoms with Crippen molar-refractivity contribution in [2.24, 2.45) is 0 Å². The topological polar surface area (TPSA) is 105 Å². The molecule has 0 aliphatic rings. The summed E-state index contributed by atoms with van der Waals surface area (Å²) in [5.41, 5.74) is 0. The van der Waals surface area contributed by atoms with E-state index in [1.807, 2.05) is 21.1 Å². The first-order chi connectivity index (χ1) is 41.5. The van der Waals surface area contributed by atoms with Gasteiger partial charge in [0, 0.05) is 6.42 Å². The molecular weight excluding hydrogens is 1070 g/mol. The van der Waals surface area contributed by atoms with Gasteiger partial charge < -0.3 is 19.8 Å². The minimum Gasteiger partial charge on any atom is -0.391 e. The van der Waals surface area contributed by atoms with Crippen LogP contribution in [0.1, 0.15) is 367 Å². The summed E-state index contributed by atoms with van der Waals surface area (Å²) in [6.07, 6.45) is 92.0. The Kier molecular flexibility index (Phi) is 65.2. The van der Waals surface area contributed by atoms with Crippen LogP contribution in [0.4, 0.5) is 0 Å². The molecule has 0 aliphatic carbocycles. The summed E-state index contributed by atoms with van der Waals surface area (Å²) in [5, 5.41) is 14.2. The molecule has 0 spiro atoms. The SMILES string of the molecule is CC/C=C\C/C=C\C/C=C\C/C=C\C/C=C\CCCCCCCCCCCCCCCCCCCCCCCCCC(=O)NC(COP(=O)(O)OCC[N+](C)(C)C)C(O)CCCCCCCCCCCCCCCCCCCCCCCCCC. The zero-order chi connectivity index (χ0) is 61.9. The van der Waals surface area contributed by atoms with Gasteiger partial charge in [0.05, 0.1) is 39.9 Å². The monoisotopic (exact) mass is 1210 g/mol. The second-order valence-corrected chi connectivity index (χ2v) is 28.1. The van der Waals surface area contributed by atoms with Crippen molar-refractivity contribution in [3.63, 3.8) is 0 Å². The number of phosphoric acid groups is 1. The number of carbonyl (C=O) groups is 1. The summed E-state index contributed by atoms with van der Waals surface area (Å²) in [6, 6.07) is -0.761. The first kappa shape index (κ1) is 83.2. The second-order valence-electron chi connectivity index (χ2n) is 26.7. The Bertz CT molecular complexity index is 1570. The highest BCUT2D eigenvalue weighted by Crippen LogP contribution is 2.43. The van der Waals surface area contributed by atoms with Gasteiger partial charge in [-0.2, -0.15) is 0 Å². The summed E-state index contributed by atoms with van der Waals surface area (Å²) in [6.45, 7) is 4.83. The van der Waals surface area contributed by atoms with Gasteiger partial charge in [-0.1, -0.05) is 364 Å². The van der Waals surface area contributed by atoms with E-state index in [4.69, 9.17) is 9.05 Å². The fraction of sp³-hybridized carbons (Fsp3) is 0.855. The number of likely N-dealkylation sites (N-methyl/N-ethyl adjacent to an activating group) is 1. The molecule has 500 valence electrons. The minimum absolute atomic E-state index is 0.0764. The number of allylic oxidation sites excluding steroid dienone is 10. The number of hydrogen-bond donors (Lipinski definition) is 3. The number of quaternary nitrogens is 1. The predicted molar refractivity (Wildman–Crippen MR) is 374 cm³/mol. The van der Waals surface area contributed by atoms with E-state index in [0.717, 1.165) is 70.6 Å². The molecule has 0 heterocycles. The van der Waals surface area contributed by atoms with Gasteiger partial charge in [0.25, 0.3) is 0 Å². The maximum Gasteiger partial charge on any atom is 0.472 e. The summed E-state index contributed by atoms with van der Waals surface area (Å²) < 4.78 is 23.9. The fourth-order valence-corrected chi connectivity index (χ4v) is 12.1. The van der Waals surface area contributed by atoms with Gasteiger partial charge in [-0.25, -0.2) is 4.57 Å². The first-order valence-corrected chi connectivity index (χ1v) is 38.6. The van der Waals surface area contributed by atoms with Gasteiger partial charge in [0.15, 0.2) is 0 Å². The minimum atomic E-state index is -4.33. The molecule has 0 fully saturated rings. The third-order valence-electron chi connectivity index (χ3n) is 17.0. The maximum absolute atomic E-state index is 13.1. The molecule has 0 aromatic carbocycles. The molecule has 0 saturated carbocycles. The zero-order valence-corrected chi connectivity index (χ0v) is 58.3. The van der Waals surface area contributed by atoms with Crippen LogP contribution in [0, 0.1) is 0 Å². The average molecular weight is 1210 g/mol. The van der Waals surface area contributed by atoms with Crippen LogP contribution in [0.5, 0.6) is 0 Å². The molecular formula is C76H146N2O6P+. The van der Waals surface area contributed by atoms with Crippen LogP contribution in [-0.2, 0) is 18.4 Å². The molecule has 9 heteroatoms. The van der Waals surface area contributed by atoms with Crippen LogP contribution < -0.4 is 5.32 Å². The largest absolute Gasteiger partial charge is 0.472 e. The highest BCUT2D eigenvalue weighted by Gasteiger charge is 2.28. The van der Waals surface area contributed by atoms with Crippen molar-refractivity contribution in [3.05, 3.63) is 60.8 Å². The maximum atomic E-state index is 13.1. The molecule has 3 atom stereocenters. The van der Waals surface area contributed by atoms with E-state index in [1.165, 1.54) is 270 Å². The highest BCUT2D eigenvalue weighted by atomic mass is 31.2. The lowest BCUT2D eigenvalue weighted by atomic mass is 10.0. The van der Waals surface area contributed by atoms with Crippen molar-refractivity contribution in [1.82, 2.24) is 5.32 Å². The van der Waals surface area contributed by atoms with Gasteiger partial charge in [0.1, 0.15) is 13.2 Å². The van der Waals surface area contributed by atoms with E-state index in [1.54, 1.807) is 0 Å².